The molecule has 0 aromatic heterocycles. The lowest BCUT2D eigenvalue weighted by molar-refractivity contribution is 0.0285. The zero-order valence-corrected chi connectivity index (χ0v) is 7.71. The average molecular weight is 153 g/mol. The number of hydrogen-bond acceptors (Lipinski definition) is 1. The van der Waals surface area contributed by atoms with Gasteiger partial charge in [-0.3, -0.25) is 0 Å². The summed E-state index contributed by atoms with van der Waals surface area (Å²) in [7, 11) is 2.32. The fourth-order valence-corrected chi connectivity index (χ4v) is 2.32. The molecule has 0 aromatic carbocycles. The van der Waals surface area contributed by atoms with Crippen molar-refractivity contribution in [3.8, 4) is 0 Å². The third-order valence-electron chi connectivity index (χ3n) is 3.75. The largest absolute Gasteiger partial charge is 0.300 e. The van der Waals surface area contributed by atoms with Crippen LogP contribution in [-0.4, -0.2) is 24.0 Å². The molecule has 2 aliphatic rings. The van der Waals surface area contributed by atoms with Crippen LogP contribution < -0.4 is 0 Å². The molecule has 0 aliphatic heterocycles. The van der Waals surface area contributed by atoms with Crippen LogP contribution in [-0.2, 0) is 0 Å². The molecule has 0 amide bonds. The van der Waals surface area contributed by atoms with Crippen molar-refractivity contribution >= 4 is 0 Å². The van der Waals surface area contributed by atoms with Crippen LogP contribution in [0.15, 0.2) is 0 Å². The Morgan fingerprint density at radius 2 is 1.82 bits per heavy atom. The third-order valence-corrected chi connectivity index (χ3v) is 3.75. The van der Waals surface area contributed by atoms with Gasteiger partial charge in [0.25, 0.3) is 0 Å². The van der Waals surface area contributed by atoms with E-state index in [2.05, 4.69) is 18.9 Å². The van der Waals surface area contributed by atoms with Gasteiger partial charge in [0.2, 0.25) is 0 Å². The zero-order valence-electron chi connectivity index (χ0n) is 7.71. The highest BCUT2D eigenvalue weighted by molar-refractivity contribution is 4.90. The zero-order chi connectivity index (χ0) is 7.84. The van der Waals surface area contributed by atoms with E-state index in [0.717, 1.165) is 18.0 Å². The second-order valence-corrected chi connectivity index (χ2v) is 4.37. The molecule has 11 heavy (non-hydrogen) atoms. The molecule has 0 saturated heterocycles. The molecular weight excluding hydrogens is 134 g/mol. The van der Waals surface area contributed by atoms with Crippen LogP contribution in [0.1, 0.15) is 39.0 Å². The maximum atomic E-state index is 2.64. The van der Waals surface area contributed by atoms with E-state index in [4.69, 9.17) is 0 Å². The molecule has 2 fully saturated rings. The van der Waals surface area contributed by atoms with E-state index in [-0.39, 0.29) is 0 Å². The van der Waals surface area contributed by atoms with Crippen molar-refractivity contribution < 1.29 is 0 Å². The van der Waals surface area contributed by atoms with Gasteiger partial charge in [-0.1, -0.05) is 13.3 Å². The molecule has 0 radical (unpaired) electrons. The first-order chi connectivity index (χ1) is 5.29. The predicted octanol–water partition coefficient (Wildman–Crippen LogP) is 2.27. The summed E-state index contributed by atoms with van der Waals surface area (Å²) in [5.41, 5.74) is 0. The minimum atomic E-state index is 0.931. The van der Waals surface area contributed by atoms with Gasteiger partial charge in [-0.05, 0) is 38.6 Å². The minimum Gasteiger partial charge on any atom is -0.300 e. The van der Waals surface area contributed by atoms with Crippen molar-refractivity contribution in [2.75, 3.05) is 7.05 Å². The van der Waals surface area contributed by atoms with Gasteiger partial charge in [-0.15, -0.1) is 0 Å². The molecule has 0 N–H and O–H groups in total. The lowest BCUT2D eigenvalue weighted by Gasteiger charge is -2.47. The van der Waals surface area contributed by atoms with E-state index in [1.807, 2.05) is 0 Å². The predicted molar refractivity (Wildman–Crippen MR) is 47.6 cm³/mol. The summed E-state index contributed by atoms with van der Waals surface area (Å²) in [6.07, 6.45) is 7.30. The first kappa shape index (κ1) is 7.60. The van der Waals surface area contributed by atoms with Gasteiger partial charge < -0.3 is 4.90 Å². The Balaban J connectivity index is 1.83. The highest BCUT2D eigenvalue weighted by Crippen LogP contribution is 2.35. The van der Waals surface area contributed by atoms with Crippen molar-refractivity contribution in [2.24, 2.45) is 5.92 Å². The maximum absolute atomic E-state index is 2.64. The molecule has 2 rings (SSSR count). The number of hydrogen-bond donors (Lipinski definition) is 0. The van der Waals surface area contributed by atoms with E-state index in [9.17, 15) is 0 Å². The summed E-state index contributed by atoms with van der Waals surface area (Å²) < 4.78 is 0. The van der Waals surface area contributed by atoms with Crippen molar-refractivity contribution in [1.82, 2.24) is 4.90 Å². The Bertz CT molecular complexity index is 140. The number of nitrogens with zero attached hydrogens (tertiary/aromatic N) is 1. The standard InChI is InChI=1S/C10H19N/c1-8-6-7-10(8)11(2)9-4-3-5-9/h8-10H,3-7H2,1-2H3/t8?,10-/m0/s1. The van der Waals surface area contributed by atoms with E-state index in [1.165, 1.54) is 32.1 Å². The minimum absolute atomic E-state index is 0.931. The molecule has 64 valence electrons. The topological polar surface area (TPSA) is 3.24 Å². The van der Waals surface area contributed by atoms with Gasteiger partial charge in [-0.25, -0.2) is 0 Å². The molecule has 0 heterocycles. The molecular formula is C10H19N. The van der Waals surface area contributed by atoms with Gasteiger partial charge in [0.15, 0.2) is 0 Å². The van der Waals surface area contributed by atoms with Crippen molar-refractivity contribution in [2.45, 2.75) is 51.1 Å². The second kappa shape index (κ2) is 2.78. The molecule has 0 aromatic rings. The molecule has 0 bridgehead atoms. The van der Waals surface area contributed by atoms with Gasteiger partial charge in [0.05, 0.1) is 0 Å². The average Bonchev–Trinajstić information content (AvgIpc) is 1.80. The molecule has 1 nitrogen and oxygen atoms in total. The first-order valence-corrected chi connectivity index (χ1v) is 5.01. The van der Waals surface area contributed by atoms with Gasteiger partial charge >= 0.3 is 0 Å². The molecule has 1 heteroatoms. The molecule has 2 saturated carbocycles. The van der Waals surface area contributed by atoms with Crippen LogP contribution >= 0.6 is 0 Å². The lowest BCUT2D eigenvalue weighted by atomic mass is 9.78. The normalized spacial score (nSPS) is 38.5. The van der Waals surface area contributed by atoms with Crippen LogP contribution in [0.4, 0.5) is 0 Å². The summed E-state index contributed by atoms with van der Waals surface area (Å²) in [6, 6.07) is 1.88. The van der Waals surface area contributed by atoms with Crippen LogP contribution in [0.2, 0.25) is 0 Å². The number of rotatable bonds is 2. The second-order valence-electron chi connectivity index (χ2n) is 4.37. The lowest BCUT2D eigenvalue weighted by Crippen LogP contribution is -2.50. The van der Waals surface area contributed by atoms with Crippen LogP contribution in [0, 0.1) is 5.92 Å². The quantitative estimate of drug-likeness (QED) is 0.588. The molecule has 0 spiro atoms. The maximum Gasteiger partial charge on any atom is 0.0121 e. The van der Waals surface area contributed by atoms with E-state index < -0.39 is 0 Å². The van der Waals surface area contributed by atoms with Gasteiger partial charge in [-0.2, -0.15) is 0 Å². The molecule has 2 atom stereocenters. The van der Waals surface area contributed by atoms with Crippen molar-refractivity contribution in [3.05, 3.63) is 0 Å². The smallest absolute Gasteiger partial charge is 0.0121 e. The highest BCUT2D eigenvalue weighted by Gasteiger charge is 2.35. The summed E-state index contributed by atoms with van der Waals surface area (Å²) in [5, 5.41) is 0. The summed E-state index contributed by atoms with van der Waals surface area (Å²) in [5.74, 6) is 0.973. The Morgan fingerprint density at radius 1 is 1.09 bits per heavy atom. The van der Waals surface area contributed by atoms with E-state index >= 15 is 0 Å². The monoisotopic (exact) mass is 153 g/mol. The van der Waals surface area contributed by atoms with Crippen molar-refractivity contribution in [1.29, 1.82) is 0 Å². The fraction of sp³-hybridized carbons (Fsp3) is 1.00. The van der Waals surface area contributed by atoms with Gasteiger partial charge in [0, 0.05) is 12.1 Å². The molecule has 1 unspecified atom stereocenters. The third kappa shape index (κ3) is 1.20. The first-order valence-electron chi connectivity index (χ1n) is 5.01. The van der Waals surface area contributed by atoms with Crippen LogP contribution in [0.25, 0.3) is 0 Å². The SMILES string of the molecule is CC1CC[C@@H]1N(C)C1CCC1. The van der Waals surface area contributed by atoms with Gasteiger partial charge in [0.1, 0.15) is 0 Å². The highest BCUT2D eigenvalue weighted by atomic mass is 15.2. The van der Waals surface area contributed by atoms with Crippen LogP contribution in [0.3, 0.4) is 0 Å². The Hall–Kier alpha value is -0.0400. The Labute approximate surface area is 69.8 Å². The van der Waals surface area contributed by atoms with E-state index in [0.29, 0.717) is 0 Å². The summed E-state index contributed by atoms with van der Waals surface area (Å²) in [4.78, 5) is 2.64. The Morgan fingerprint density at radius 3 is 2.09 bits per heavy atom. The molecule has 2 aliphatic carbocycles. The Kier molecular flexibility index (Phi) is 1.92. The summed E-state index contributed by atoms with van der Waals surface area (Å²) >= 11 is 0. The summed E-state index contributed by atoms with van der Waals surface area (Å²) in [6.45, 7) is 2.39. The fourth-order valence-electron chi connectivity index (χ4n) is 2.32. The van der Waals surface area contributed by atoms with Crippen LogP contribution in [0.5, 0.6) is 0 Å². The van der Waals surface area contributed by atoms with E-state index in [1.54, 1.807) is 0 Å². The van der Waals surface area contributed by atoms with Crippen molar-refractivity contribution in [3.63, 3.8) is 0 Å².